The Kier molecular flexibility index (Phi) is 3.29. The average Bonchev–Trinajstić information content (AvgIpc) is 3.15. The molecule has 1 aromatic carbocycles. The molecule has 3 aliphatic rings. The van der Waals surface area contributed by atoms with Gasteiger partial charge in [0.15, 0.2) is 0 Å². The topological polar surface area (TPSA) is 53.4 Å². The highest BCUT2D eigenvalue weighted by atomic mass is 16.3. The first-order valence-electron chi connectivity index (χ1n) is 9.44. The summed E-state index contributed by atoms with van der Waals surface area (Å²) >= 11 is 0. The van der Waals surface area contributed by atoms with Crippen LogP contribution in [0.4, 0.5) is 0 Å². The minimum atomic E-state index is -0.726. The van der Waals surface area contributed by atoms with E-state index in [0.717, 1.165) is 29.5 Å². The molecule has 4 nitrogen and oxygen atoms in total. The van der Waals surface area contributed by atoms with Crippen LogP contribution < -0.4 is 0 Å². The maximum atomic E-state index is 13.6. The van der Waals surface area contributed by atoms with Gasteiger partial charge in [-0.05, 0) is 55.0 Å². The van der Waals surface area contributed by atoms with Gasteiger partial charge in [0.1, 0.15) is 5.54 Å². The van der Waals surface area contributed by atoms with E-state index in [4.69, 9.17) is 0 Å². The van der Waals surface area contributed by atoms with Gasteiger partial charge in [-0.1, -0.05) is 36.4 Å². The largest absolute Gasteiger partial charge is 0.394 e. The van der Waals surface area contributed by atoms with Crippen LogP contribution in [0.3, 0.4) is 0 Å². The van der Waals surface area contributed by atoms with E-state index in [1.165, 1.54) is 11.1 Å². The van der Waals surface area contributed by atoms with Gasteiger partial charge in [0.2, 0.25) is 0 Å². The minimum Gasteiger partial charge on any atom is -0.394 e. The van der Waals surface area contributed by atoms with Crippen LogP contribution in [0.1, 0.15) is 53.7 Å². The third-order valence-corrected chi connectivity index (χ3v) is 6.12. The Morgan fingerprint density at radius 2 is 1.89 bits per heavy atom. The first-order chi connectivity index (χ1) is 13.0. The zero-order chi connectivity index (χ0) is 18.8. The molecule has 2 aromatic rings. The van der Waals surface area contributed by atoms with Crippen LogP contribution in [0.2, 0.25) is 0 Å². The summed E-state index contributed by atoms with van der Waals surface area (Å²) in [6.45, 7) is 3.75. The Bertz CT molecular complexity index is 1030. The predicted molar refractivity (Wildman–Crippen MR) is 104 cm³/mol. The number of aliphatic hydroxyl groups excluding tert-OH is 1. The van der Waals surface area contributed by atoms with Gasteiger partial charge in [0.05, 0.1) is 12.1 Å². The number of aliphatic hydroxyl groups is 1. The van der Waals surface area contributed by atoms with Crippen LogP contribution in [-0.4, -0.2) is 33.0 Å². The monoisotopic (exact) mass is 358 g/mol. The molecular formula is C23H22N2O2. The Hall–Kier alpha value is -2.72. The fourth-order valence-electron chi connectivity index (χ4n) is 5.04. The number of benzene rings is 1. The lowest BCUT2D eigenvalue weighted by Gasteiger charge is -2.47. The van der Waals surface area contributed by atoms with Crippen molar-refractivity contribution < 1.29 is 9.90 Å². The number of nitrogens with zero attached hydrogens (tertiary/aromatic N) is 2. The van der Waals surface area contributed by atoms with Crippen LogP contribution >= 0.6 is 0 Å². The number of carbonyl (C=O) groups excluding carboxylic acids is 1. The highest BCUT2D eigenvalue weighted by Crippen LogP contribution is 2.61. The van der Waals surface area contributed by atoms with E-state index < -0.39 is 11.1 Å². The summed E-state index contributed by atoms with van der Waals surface area (Å²) in [4.78, 5) is 19.9. The minimum absolute atomic E-state index is 0.0472. The molecule has 0 saturated carbocycles. The van der Waals surface area contributed by atoms with E-state index in [1.54, 1.807) is 12.3 Å². The highest BCUT2D eigenvalue weighted by molar-refractivity contribution is 6.06. The van der Waals surface area contributed by atoms with E-state index in [1.807, 2.05) is 37.1 Å². The summed E-state index contributed by atoms with van der Waals surface area (Å²) in [5.74, 6) is -0.0472. The van der Waals surface area contributed by atoms with Crippen molar-refractivity contribution in [3.63, 3.8) is 0 Å². The number of hydrogen-bond acceptors (Lipinski definition) is 3. The molecule has 4 heteroatoms. The standard InChI is InChI=1S/C23H22N2O2/c1-22(2,14-26)25-21(27)17-11-12-24-13-20(17)23(25)18-9-5-3-7-15(18)16-8-4-6-10-19(16)23/h3,5,7-13,26H,4,6,14H2,1-2H3. The van der Waals surface area contributed by atoms with E-state index in [2.05, 4.69) is 29.3 Å². The molecule has 1 unspecified atom stereocenters. The third kappa shape index (κ3) is 1.86. The van der Waals surface area contributed by atoms with Crippen molar-refractivity contribution in [1.29, 1.82) is 0 Å². The molecule has 0 saturated heterocycles. The van der Waals surface area contributed by atoms with Crippen molar-refractivity contribution in [2.75, 3.05) is 6.61 Å². The SMILES string of the molecule is CC(C)(CO)N1C(=O)c2ccncc2C12C1=CCCC=C1c1ccccc12. The number of pyridine rings is 1. The van der Waals surface area contributed by atoms with E-state index in [-0.39, 0.29) is 12.5 Å². The van der Waals surface area contributed by atoms with E-state index >= 15 is 0 Å². The number of amides is 1. The summed E-state index contributed by atoms with van der Waals surface area (Å²) in [6, 6.07) is 10.1. The lowest BCUT2D eigenvalue weighted by atomic mass is 9.78. The number of carbonyl (C=O) groups is 1. The van der Waals surface area contributed by atoms with Crippen molar-refractivity contribution in [3.8, 4) is 0 Å². The zero-order valence-electron chi connectivity index (χ0n) is 15.6. The molecule has 5 rings (SSSR count). The van der Waals surface area contributed by atoms with Crippen molar-refractivity contribution in [3.05, 3.63) is 82.7 Å². The summed E-state index contributed by atoms with van der Waals surface area (Å²) in [6.07, 6.45) is 10.0. The molecule has 1 aromatic heterocycles. The van der Waals surface area contributed by atoms with E-state index in [0.29, 0.717) is 5.56 Å². The van der Waals surface area contributed by atoms with Gasteiger partial charge < -0.3 is 10.0 Å². The molecule has 0 bridgehead atoms. The van der Waals surface area contributed by atoms with Gasteiger partial charge in [-0.2, -0.15) is 0 Å². The van der Waals surface area contributed by atoms with Crippen molar-refractivity contribution >= 4 is 11.5 Å². The molecule has 0 fully saturated rings. The number of allylic oxidation sites excluding steroid dienone is 2. The number of rotatable bonds is 2. The summed E-state index contributed by atoms with van der Waals surface area (Å²) in [5.41, 5.74) is 4.77. The van der Waals surface area contributed by atoms with Gasteiger partial charge in [-0.25, -0.2) is 0 Å². The van der Waals surface area contributed by atoms with Crippen LogP contribution in [0.25, 0.3) is 5.57 Å². The molecule has 0 radical (unpaired) electrons. The summed E-state index contributed by atoms with van der Waals surface area (Å²) < 4.78 is 0. The molecule has 1 N–H and O–H groups in total. The van der Waals surface area contributed by atoms with Gasteiger partial charge >= 0.3 is 0 Å². The Labute approximate surface area is 158 Å². The highest BCUT2D eigenvalue weighted by Gasteiger charge is 2.61. The summed E-state index contributed by atoms with van der Waals surface area (Å²) in [7, 11) is 0. The quantitative estimate of drug-likeness (QED) is 0.891. The third-order valence-electron chi connectivity index (χ3n) is 6.12. The smallest absolute Gasteiger partial charge is 0.256 e. The molecule has 1 amide bonds. The van der Waals surface area contributed by atoms with Crippen molar-refractivity contribution in [2.24, 2.45) is 0 Å². The fraction of sp³-hybridized carbons (Fsp3) is 0.304. The van der Waals surface area contributed by atoms with Crippen LogP contribution in [0.15, 0.2) is 60.5 Å². The lowest BCUT2D eigenvalue weighted by Crippen LogP contribution is -2.57. The number of hydrogen-bond donors (Lipinski definition) is 1. The second-order valence-corrected chi connectivity index (χ2v) is 8.10. The number of aromatic nitrogens is 1. The molecule has 136 valence electrons. The molecule has 27 heavy (non-hydrogen) atoms. The average molecular weight is 358 g/mol. The Balaban J connectivity index is 1.94. The normalized spacial score (nSPS) is 23.1. The lowest BCUT2D eigenvalue weighted by molar-refractivity contribution is 0.0147. The fourth-order valence-corrected chi connectivity index (χ4v) is 5.04. The van der Waals surface area contributed by atoms with Crippen LogP contribution in [0.5, 0.6) is 0 Å². The molecule has 1 atom stereocenters. The van der Waals surface area contributed by atoms with Crippen molar-refractivity contribution in [1.82, 2.24) is 9.88 Å². The first-order valence-corrected chi connectivity index (χ1v) is 9.44. The van der Waals surface area contributed by atoms with Gasteiger partial charge in [-0.3, -0.25) is 9.78 Å². The first kappa shape index (κ1) is 16.5. The maximum Gasteiger partial charge on any atom is 0.256 e. The molecule has 2 heterocycles. The molecule has 2 aliphatic carbocycles. The molecule has 1 spiro atoms. The van der Waals surface area contributed by atoms with E-state index in [9.17, 15) is 9.90 Å². The van der Waals surface area contributed by atoms with Gasteiger partial charge in [0.25, 0.3) is 5.91 Å². The van der Waals surface area contributed by atoms with Crippen molar-refractivity contribution in [2.45, 2.75) is 37.8 Å². The second-order valence-electron chi connectivity index (χ2n) is 8.10. The maximum absolute atomic E-state index is 13.6. The Morgan fingerprint density at radius 1 is 1.11 bits per heavy atom. The molecule has 1 aliphatic heterocycles. The van der Waals surface area contributed by atoms with Crippen LogP contribution in [-0.2, 0) is 5.54 Å². The van der Waals surface area contributed by atoms with Crippen LogP contribution in [0, 0.1) is 0 Å². The van der Waals surface area contributed by atoms with Gasteiger partial charge in [0, 0.05) is 23.5 Å². The molecular weight excluding hydrogens is 336 g/mol. The Morgan fingerprint density at radius 3 is 2.70 bits per heavy atom. The van der Waals surface area contributed by atoms with Gasteiger partial charge in [-0.15, -0.1) is 0 Å². The second kappa shape index (κ2) is 5.40. The summed E-state index contributed by atoms with van der Waals surface area (Å²) in [5, 5.41) is 10.2. The number of fused-ring (bicyclic) bond motifs is 7. The predicted octanol–water partition coefficient (Wildman–Crippen LogP) is 3.67. The zero-order valence-corrected chi connectivity index (χ0v) is 15.6.